The van der Waals surface area contributed by atoms with Crippen LogP contribution in [-0.4, -0.2) is 41.7 Å². The zero-order valence-corrected chi connectivity index (χ0v) is 10.7. The lowest BCUT2D eigenvalue weighted by molar-refractivity contribution is -0.138. The van der Waals surface area contributed by atoms with Crippen molar-refractivity contribution in [3.05, 3.63) is 0 Å². The predicted octanol–water partition coefficient (Wildman–Crippen LogP) is -0.497. The topological polar surface area (TPSA) is 116 Å². The lowest BCUT2D eigenvalue weighted by Gasteiger charge is -2.18. The van der Waals surface area contributed by atoms with Crippen LogP contribution in [0.4, 0.5) is 0 Å². The molecule has 1 aliphatic heterocycles. The Morgan fingerprint density at radius 2 is 2.00 bits per heavy atom. The molecule has 5 N–H and O–H groups in total. The number of nitrogens with two attached hydrogens (primary N) is 2. The van der Waals surface area contributed by atoms with Crippen LogP contribution in [0.5, 0.6) is 0 Å². The van der Waals surface area contributed by atoms with E-state index < -0.39 is 24.2 Å². The molecule has 106 valence electrons. The molecule has 0 aromatic heterocycles. The molecule has 4 atom stereocenters. The molecule has 6 nitrogen and oxygen atoms in total. The van der Waals surface area contributed by atoms with Crippen LogP contribution in [0.15, 0.2) is 0 Å². The van der Waals surface area contributed by atoms with Crippen molar-refractivity contribution in [3.8, 4) is 12.3 Å². The number of rotatable bonds is 7. The fourth-order valence-corrected chi connectivity index (χ4v) is 2.08. The summed E-state index contributed by atoms with van der Waals surface area (Å²) in [6.07, 6.45) is 6.54. The van der Waals surface area contributed by atoms with Crippen molar-refractivity contribution in [2.45, 2.75) is 43.9 Å². The normalized spacial score (nSPS) is 25.5. The smallest absolute Gasteiger partial charge is 0.320 e. The minimum absolute atomic E-state index is 0.204. The summed E-state index contributed by atoms with van der Waals surface area (Å²) in [5.41, 5.74) is 11.2. The lowest BCUT2D eigenvalue weighted by atomic mass is 9.93. The molecular weight excluding hydrogens is 248 g/mol. The summed E-state index contributed by atoms with van der Waals surface area (Å²) >= 11 is 0. The van der Waals surface area contributed by atoms with Crippen molar-refractivity contribution in [1.29, 1.82) is 0 Å². The van der Waals surface area contributed by atoms with Gasteiger partial charge in [0.05, 0.1) is 12.0 Å². The number of carbonyl (C=O) groups excluding carboxylic acids is 1. The van der Waals surface area contributed by atoms with Gasteiger partial charge < -0.3 is 21.3 Å². The fourth-order valence-electron chi connectivity index (χ4n) is 2.08. The van der Waals surface area contributed by atoms with Gasteiger partial charge in [0.15, 0.2) is 5.78 Å². The Kier molecular flexibility index (Phi) is 5.96. The number of carboxylic acid groups (broad SMARTS) is 1. The molecule has 6 heteroatoms. The highest BCUT2D eigenvalue weighted by Crippen LogP contribution is 2.22. The van der Waals surface area contributed by atoms with Crippen LogP contribution in [0.2, 0.25) is 0 Å². The Labute approximate surface area is 112 Å². The van der Waals surface area contributed by atoms with Crippen molar-refractivity contribution < 1.29 is 19.4 Å². The fraction of sp³-hybridized carbons (Fsp3) is 0.692. The van der Waals surface area contributed by atoms with Crippen molar-refractivity contribution in [3.63, 3.8) is 0 Å². The summed E-state index contributed by atoms with van der Waals surface area (Å²) in [5.74, 6) is 1.08. The quantitative estimate of drug-likeness (QED) is 0.536. The molecule has 0 saturated carbocycles. The zero-order chi connectivity index (χ0) is 14.4. The summed E-state index contributed by atoms with van der Waals surface area (Å²) in [6.45, 7) is 0.474. The minimum Gasteiger partial charge on any atom is -0.480 e. The van der Waals surface area contributed by atoms with Gasteiger partial charge in [-0.3, -0.25) is 9.59 Å². The van der Waals surface area contributed by atoms with Crippen molar-refractivity contribution >= 4 is 11.8 Å². The molecule has 1 saturated heterocycles. The highest BCUT2D eigenvalue weighted by molar-refractivity contribution is 5.88. The number of carboxylic acids is 1. The molecule has 0 aliphatic carbocycles. The second kappa shape index (κ2) is 7.24. The average molecular weight is 268 g/mol. The molecule has 1 rings (SSSR count). The van der Waals surface area contributed by atoms with Crippen molar-refractivity contribution in [2.24, 2.45) is 17.4 Å². The van der Waals surface area contributed by atoms with E-state index in [-0.39, 0.29) is 11.7 Å². The number of hydrogen-bond acceptors (Lipinski definition) is 5. The number of ketones is 1. The van der Waals surface area contributed by atoms with Gasteiger partial charge in [-0.25, -0.2) is 0 Å². The van der Waals surface area contributed by atoms with Crippen LogP contribution in [0.25, 0.3) is 0 Å². The molecule has 0 bridgehead atoms. The summed E-state index contributed by atoms with van der Waals surface area (Å²) in [4.78, 5) is 22.6. The van der Waals surface area contributed by atoms with E-state index in [1.165, 1.54) is 0 Å². The van der Waals surface area contributed by atoms with Gasteiger partial charge in [-0.1, -0.05) is 0 Å². The van der Waals surface area contributed by atoms with Crippen molar-refractivity contribution in [1.82, 2.24) is 0 Å². The van der Waals surface area contributed by atoms with E-state index >= 15 is 0 Å². The van der Waals surface area contributed by atoms with E-state index in [1.807, 2.05) is 0 Å². The Hall–Kier alpha value is -1.42. The third-order valence-corrected chi connectivity index (χ3v) is 3.30. The van der Waals surface area contributed by atoms with Crippen LogP contribution in [0, 0.1) is 18.3 Å². The maximum absolute atomic E-state index is 12.0. The molecule has 0 radical (unpaired) electrons. The molecule has 0 spiro atoms. The standard InChI is InChI=1S/C13H20N2O4/c1-2-8-6-7-19-12(8)11(16)9(14)4-3-5-10(15)13(17)18/h1,8-10,12H,3-7,14-15H2,(H,17,18)/t8?,9?,10-,12?/m0/s1. The first-order valence-electron chi connectivity index (χ1n) is 6.32. The molecular formula is C13H20N2O4. The van der Waals surface area contributed by atoms with E-state index in [0.29, 0.717) is 32.3 Å². The van der Waals surface area contributed by atoms with E-state index in [0.717, 1.165) is 0 Å². The van der Waals surface area contributed by atoms with Gasteiger partial charge in [0.2, 0.25) is 0 Å². The number of Topliss-reactive ketones (excluding diaryl/α,β-unsaturated/α-hetero) is 1. The second-order valence-corrected chi connectivity index (χ2v) is 4.74. The monoisotopic (exact) mass is 268 g/mol. The first-order valence-corrected chi connectivity index (χ1v) is 6.32. The molecule has 0 amide bonds. The zero-order valence-electron chi connectivity index (χ0n) is 10.7. The summed E-state index contributed by atoms with van der Waals surface area (Å²) in [6, 6.07) is -1.59. The number of ether oxygens (including phenoxy) is 1. The van der Waals surface area contributed by atoms with Gasteiger partial charge >= 0.3 is 5.97 Å². The highest BCUT2D eigenvalue weighted by Gasteiger charge is 2.35. The summed E-state index contributed by atoms with van der Waals surface area (Å²) in [5, 5.41) is 8.63. The molecule has 1 fully saturated rings. The molecule has 0 aromatic rings. The minimum atomic E-state index is -1.05. The SMILES string of the molecule is C#CC1CCOC1C(=O)C(N)CCC[C@H](N)C(=O)O. The lowest BCUT2D eigenvalue weighted by Crippen LogP contribution is -2.41. The molecule has 19 heavy (non-hydrogen) atoms. The number of terminal acetylenes is 1. The Balaban J connectivity index is 2.37. The van der Waals surface area contributed by atoms with Gasteiger partial charge in [-0.15, -0.1) is 12.3 Å². The maximum atomic E-state index is 12.0. The number of carbonyl (C=O) groups is 2. The van der Waals surface area contributed by atoms with E-state index in [4.69, 9.17) is 27.7 Å². The van der Waals surface area contributed by atoms with Crippen LogP contribution in [-0.2, 0) is 14.3 Å². The number of hydrogen-bond donors (Lipinski definition) is 3. The Morgan fingerprint density at radius 3 is 2.58 bits per heavy atom. The van der Waals surface area contributed by atoms with Gasteiger partial charge in [-0.2, -0.15) is 0 Å². The first-order chi connectivity index (χ1) is 8.97. The average Bonchev–Trinajstić information content (AvgIpc) is 2.85. The Bertz CT molecular complexity index is 377. The van der Waals surface area contributed by atoms with Crippen LogP contribution in [0.3, 0.4) is 0 Å². The van der Waals surface area contributed by atoms with E-state index in [9.17, 15) is 9.59 Å². The van der Waals surface area contributed by atoms with Crippen molar-refractivity contribution in [2.75, 3.05) is 6.61 Å². The molecule has 1 aliphatic rings. The van der Waals surface area contributed by atoms with Crippen LogP contribution < -0.4 is 11.5 Å². The van der Waals surface area contributed by atoms with E-state index in [2.05, 4.69) is 5.92 Å². The first kappa shape index (κ1) is 15.6. The molecule has 3 unspecified atom stereocenters. The van der Waals surface area contributed by atoms with Gasteiger partial charge in [0.25, 0.3) is 0 Å². The largest absolute Gasteiger partial charge is 0.480 e. The predicted molar refractivity (Wildman–Crippen MR) is 69.1 cm³/mol. The summed E-state index contributed by atoms with van der Waals surface area (Å²) < 4.78 is 5.31. The molecule has 0 aromatic carbocycles. The van der Waals surface area contributed by atoms with Gasteiger partial charge in [0, 0.05) is 6.61 Å². The molecule has 1 heterocycles. The maximum Gasteiger partial charge on any atom is 0.320 e. The second-order valence-electron chi connectivity index (χ2n) is 4.74. The summed E-state index contributed by atoms with van der Waals surface area (Å²) in [7, 11) is 0. The highest BCUT2D eigenvalue weighted by atomic mass is 16.5. The van der Waals surface area contributed by atoms with Crippen LogP contribution >= 0.6 is 0 Å². The van der Waals surface area contributed by atoms with E-state index in [1.54, 1.807) is 0 Å². The van der Waals surface area contributed by atoms with Crippen LogP contribution in [0.1, 0.15) is 25.7 Å². The third kappa shape index (κ3) is 4.31. The third-order valence-electron chi connectivity index (χ3n) is 3.30. The Morgan fingerprint density at radius 1 is 1.37 bits per heavy atom. The van der Waals surface area contributed by atoms with Gasteiger partial charge in [0.1, 0.15) is 12.1 Å². The number of aliphatic carboxylic acids is 1. The van der Waals surface area contributed by atoms with Gasteiger partial charge in [-0.05, 0) is 25.7 Å².